The van der Waals surface area contributed by atoms with E-state index in [9.17, 15) is 9.18 Å². The third kappa shape index (κ3) is 2.77. The Morgan fingerprint density at radius 3 is 2.45 bits per heavy atom. The highest BCUT2D eigenvalue weighted by Crippen LogP contribution is 2.30. The summed E-state index contributed by atoms with van der Waals surface area (Å²) in [6, 6.07) is 5.72. The maximum atomic E-state index is 12.8. The molecule has 4 nitrogen and oxygen atoms in total. The van der Waals surface area contributed by atoms with Gasteiger partial charge in [0.1, 0.15) is 11.6 Å². The van der Waals surface area contributed by atoms with Crippen LogP contribution in [0, 0.1) is 5.82 Å². The first-order chi connectivity index (χ1) is 9.67. The lowest BCUT2D eigenvalue weighted by molar-refractivity contribution is -0.135. The summed E-state index contributed by atoms with van der Waals surface area (Å²) in [5, 5.41) is 3.48. The molecule has 3 rings (SSSR count). The van der Waals surface area contributed by atoms with Crippen molar-refractivity contribution in [1.82, 2.24) is 10.2 Å². The fourth-order valence-electron chi connectivity index (χ4n) is 2.86. The molecule has 2 aliphatic heterocycles. The molecule has 5 heteroatoms. The highest BCUT2D eigenvalue weighted by Gasteiger charge is 2.40. The second-order valence-corrected chi connectivity index (χ2v) is 5.58. The number of ether oxygens (including phenoxy) is 1. The number of nitrogens with zero attached hydrogens (tertiary/aromatic N) is 1. The molecule has 1 amide bonds. The van der Waals surface area contributed by atoms with Gasteiger partial charge in [-0.1, -0.05) is 0 Å². The highest BCUT2D eigenvalue weighted by molar-refractivity contribution is 5.77. The van der Waals surface area contributed by atoms with Gasteiger partial charge in [-0.15, -0.1) is 0 Å². The summed E-state index contributed by atoms with van der Waals surface area (Å²) in [5.41, 5.74) is 0.300. The van der Waals surface area contributed by atoms with Crippen LogP contribution in [0.1, 0.15) is 19.3 Å². The van der Waals surface area contributed by atoms with Gasteiger partial charge in [0.05, 0.1) is 0 Å². The summed E-state index contributed by atoms with van der Waals surface area (Å²) in [5.74, 6) is 0.218. The van der Waals surface area contributed by atoms with E-state index in [4.69, 9.17) is 4.74 Å². The van der Waals surface area contributed by atoms with Gasteiger partial charge in [-0.05, 0) is 50.1 Å². The maximum Gasteiger partial charge on any atom is 0.260 e. The zero-order valence-electron chi connectivity index (χ0n) is 11.4. The van der Waals surface area contributed by atoms with Gasteiger partial charge in [0.25, 0.3) is 5.91 Å². The van der Waals surface area contributed by atoms with Gasteiger partial charge in [0.2, 0.25) is 0 Å². The van der Waals surface area contributed by atoms with Crippen molar-refractivity contribution in [2.75, 3.05) is 26.2 Å². The molecule has 1 aromatic carbocycles. The Morgan fingerprint density at radius 2 is 1.90 bits per heavy atom. The molecule has 2 aliphatic rings. The minimum Gasteiger partial charge on any atom is -0.484 e. The van der Waals surface area contributed by atoms with Crippen molar-refractivity contribution in [2.45, 2.75) is 24.8 Å². The van der Waals surface area contributed by atoms with Crippen molar-refractivity contribution in [3.8, 4) is 5.75 Å². The normalized spacial score (nSPS) is 20.6. The maximum absolute atomic E-state index is 12.8. The van der Waals surface area contributed by atoms with E-state index in [1.807, 2.05) is 4.90 Å². The Balaban J connectivity index is 1.46. The van der Waals surface area contributed by atoms with E-state index in [-0.39, 0.29) is 18.3 Å². The predicted molar refractivity (Wildman–Crippen MR) is 73.1 cm³/mol. The molecule has 0 saturated carbocycles. The van der Waals surface area contributed by atoms with Crippen molar-refractivity contribution in [3.05, 3.63) is 30.1 Å². The zero-order chi connectivity index (χ0) is 14.0. The number of carbonyl (C=O) groups excluding carboxylic acids is 1. The van der Waals surface area contributed by atoms with Gasteiger partial charge in [-0.2, -0.15) is 0 Å². The topological polar surface area (TPSA) is 41.6 Å². The minimum atomic E-state index is -0.307. The fourth-order valence-corrected chi connectivity index (χ4v) is 2.86. The molecule has 1 spiro atoms. The van der Waals surface area contributed by atoms with Crippen LogP contribution < -0.4 is 10.1 Å². The third-order valence-corrected chi connectivity index (χ3v) is 4.35. The molecule has 0 atom stereocenters. The van der Waals surface area contributed by atoms with Crippen LogP contribution in [0.4, 0.5) is 4.39 Å². The molecule has 0 aromatic heterocycles. The molecular weight excluding hydrogens is 259 g/mol. The number of rotatable bonds is 3. The number of piperidine rings is 1. The number of amides is 1. The molecule has 1 N–H and O–H groups in total. The minimum absolute atomic E-state index is 0.00324. The lowest BCUT2D eigenvalue weighted by Gasteiger charge is -2.48. The molecule has 1 aromatic rings. The molecule has 2 saturated heterocycles. The Bertz CT molecular complexity index is 475. The molecule has 0 aliphatic carbocycles. The summed E-state index contributed by atoms with van der Waals surface area (Å²) in [6.07, 6.45) is 3.27. The van der Waals surface area contributed by atoms with Crippen molar-refractivity contribution in [2.24, 2.45) is 0 Å². The average Bonchev–Trinajstić information content (AvgIpc) is 2.45. The number of hydrogen-bond donors (Lipinski definition) is 1. The van der Waals surface area contributed by atoms with E-state index in [1.54, 1.807) is 0 Å². The van der Waals surface area contributed by atoms with Gasteiger partial charge in [-0.3, -0.25) is 4.79 Å². The largest absolute Gasteiger partial charge is 0.484 e. The highest BCUT2D eigenvalue weighted by atomic mass is 19.1. The van der Waals surface area contributed by atoms with Gasteiger partial charge in [0, 0.05) is 18.6 Å². The van der Waals surface area contributed by atoms with Crippen LogP contribution in [0.15, 0.2) is 24.3 Å². The lowest BCUT2D eigenvalue weighted by atomic mass is 9.79. The van der Waals surface area contributed by atoms with Gasteiger partial charge in [-0.25, -0.2) is 4.39 Å². The summed E-state index contributed by atoms with van der Waals surface area (Å²) in [6.45, 7) is 2.70. The number of halogens is 1. The molecule has 2 fully saturated rings. The Morgan fingerprint density at radius 1 is 1.25 bits per heavy atom. The van der Waals surface area contributed by atoms with Gasteiger partial charge >= 0.3 is 0 Å². The predicted octanol–water partition coefficient (Wildman–Crippen LogP) is 1.56. The summed E-state index contributed by atoms with van der Waals surface area (Å²) < 4.78 is 18.1. The van der Waals surface area contributed by atoms with E-state index in [1.165, 1.54) is 30.7 Å². The van der Waals surface area contributed by atoms with Crippen molar-refractivity contribution in [1.29, 1.82) is 0 Å². The van der Waals surface area contributed by atoms with Crippen LogP contribution in [0.5, 0.6) is 5.75 Å². The first-order valence-electron chi connectivity index (χ1n) is 7.08. The number of carbonyl (C=O) groups is 1. The molecule has 0 unspecified atom stereocenters. The number of likely N-dealkylation sites (tertiary alicyclic amines) is 1. The van der Waals surface area contributed by atoms with Crippen LogP contribution in [0.3, 0.4) is 0 Å². The van der Waals surface area contributed by atoms with Crippen molar-refractivity contribution in [3.63, 3.8) is 0 Å². The average molecular weight is 278 g/mol. The van der Waals surface area contributed by atoms with E-state index in [0.717, 1.165) is 32.5 Å². The molecule has 2 heterocycles. The van der Waals surface area contributed by atoms with Crippen LogP contribution in [-0.2, 0) is 4.79 Å². The number of benzene rings is 1. The van der Waals surface area contributed by atoms with Gasteiger partial charge < -0.3 is 15.0 Å². The summed E-state index contributed by atoms with van der Waals surface area (Å²) in [4.78, 5) is 13.9. The Labute approximate surface area is 117 Å². The standard InChI is InChI=1S/C15H19FN2O2/c16-12-1-3-13(4-2-12)20-11-14(19)18-9-6-15(7-10-18)5-8-17-15/h1-4,17H,5-11H2. The van der Waals surface area contributed by atoms with Crippen LogP contribution in [-0.4, -0.2) is 42.6 Å². The van der Waals surface area contributed by atoms with E-state index in [2.05, 4.69) is 5.32 Å². The summed E-state index contributed by atoms with van der Waals surface area (Å²) >= 11 is 0. The quantitative estimate of drug-likeness (QED) is 0.912. The second-order valence-electron chi connectivity index (χ2n) is 5.58. The third-order valence-electron chi connectivity index (χ3n) is 4.35. The molecule has 0 bridgehead atoms. The van der Waals surface area contributed by atoms with Gasteiger partial charge in [0.15, 0.2) is 6.61 Å². The molecule has 108 valence electrons. The summed E-state index contributed by atoms with van der Waals surface area (Å²) in [7, 11) is 0. The van der Waals surface area contributed by atoms with Crippen molar-refractivity contribution < 1.29 is 13.9 Å². The SMILES string of the molecule is O=C(COc1ccc(F)cc1)N1CCC2(CCN2)CC1. The van der Waals surface area contributed by atoms with E-state index < -0.39 is 0 Å². The van der Waals surface area contributed by atoms with E-state index in [0.29, 0.717) is 11.3 Å². The van der Waals surface area contributed by atoms with Crippen molar-refractivity contribution >= 4 is 5.91 Å². The monoisotopic (exact) mass is 278 g/mol. The fraction of sp³-hybridized carbons (Fsp3) is 0.533. The van der Waals surface area contributed by atoms with Crippen LogP contribution in [0.25, 0.3) is 0 Å². The van der Waals surface area contributed by atoms with E-state index >= 15 is 0 Å². The second kappa shape index (κ2) is 5.40. The molecule has 0 radical (unpaired) electrons. The number of nitrogens with one attached hydrogen (secondary N) is 1. The molecular formula is C15H19FN2O2. The zero-order valence-corrected chi connectivity index (χ0v) is 11.4. The molecule has 20 heavy (non-hydrogen) atoms. The first kappa shape index (κ1) is 13.4. The van der Waals surface area contributed by atoms with Crippen LogP contribution >= 0.6 is 0 Å². The lowest BCUT2D eigenvalue weighted by Crippen LogP contribution is -2.62. The first-order valence-corrected chi connectivity index (χ1v) is 7.08. The smallest absolute Gasteiger partial charge is 0.260 e. The number of hydrogen-bond acceptors (Lipinski definition) is 3. The van der Waals surface area contributed by atoms with Crippen LogP contribution in [0.2, 0.25) is 0 Å². The Kier molecular flexibility index (Phi) is 3.61. The Hall–Kier alpha value is -1.62.